The number of nitrogens with zero attached hydrogens (tertiary/aromatic N) is 1. The zero-order valence-corrected chi connectivity index (χ0v) is 13.7. The van der Waals surface area contributed by atoms with Gasteiger partial charge in [-0.3, -0.25) is 4.79 Å². The number of anilines is 1. The van der Waals surface area contributed by atoms with E-state index in [2.05, 4.69) is 15.8 Å². The van der Waals surface area contributed by atoms with E-state index < -0.39 is 0 Å². The number of hydrogen-bond donors (Lipinski definition) is 2. The summed E-state index contributed by atoms with van der Waals surface area (Å²) in [7, 11) is 1.61. The molecule has 0 saturated heterocycles. The first-order chi connectivity index (χ1) is 11.1. The molecular weight excluding hydrogens is 314 g/mol. The molecule has 2 aromatic rings. The first-order valence-electron chi connectivity index (χ1n) is 7.04. The number of hydrogen-bond acceptors (Lipinski definition) is 4. The third kappa shape index (κ3) is 5.30. The van der Waals surface area contributed by atoms with Gasteiger partial charge in [-0.1, -0.05) is 11.6 Å². The number of rotatable bonds is 6. The van der Waals surface area contributed by atoms with Crippen molar-refractivity contribution < 1.29 is 9.53 Å². The van der Waals surface area contributed by atoms with Gasteiger partial charge in [-0.2, -0.15) is 5.10 Å². The number of halogens is 1. The maximum Gasteiger partial charge on any atom is 0.259 e. The van der Waals surface area contributed by atoms with Crippen LogP contribution in [0.4, 0.5) is 5.69 Å². The van der Waals surface area contributed by atoms with E-state index in [9.17, 15) is 4.79 Å². The lowest BCUT2D eigenvalue weighted by molar-refractivity contribution is -0.119. The zero-order chi connectivity index (χ0) is 16.7. The van der Waals surface area contributed by atoms with E-state index in [4.69, 9.17) is 16.3 Å². The van der Waals surface area contributed by atoms with E-state index in [0.717, 1.165) is 22.6 Å². The molecule has 0 saturated carbocycles. The van der Waals surface area contributed by atoms with Crippen molar-refractivity contribution in [2.45, 2.75) is 6.92 Å². The molecule has 2 N–H and O–H groups in total. The predicted octanol–water partition coefficient (Wildman–Crippen LogP) is 3.22. The highest BCUT2D eigenvalue weighted by Gasteiger charge is 2.02. The number of nitrogens with one attached hydrogen (secondary N) is 2. The van der Waals surface area contributed by atoms with Crippen molar-refractivity contribution in [2.75, 3.05) is 19.0 Å². The van der Waals surface area contributed by atoms with Gasteiger partial charge in [-0.15, -0.1) is 0 Å². The van der Waals surface area contributed by atoms with Crippen LogP contribution in [0.25, 0.3) is 0 Å². The summed E-state index contributed by atoms with van der Waals surface area (Å²) in [6, 6.07) is 12.8. The molecule has 0 atom stereocenters. The van der Waals surface area contributed by atoms with Crippen LogP contribution in [0.15, 0.2) is 47.6 Å². The molecule has 23 heavy (non-hydrogen) atoms. The van der Waals surface area contributed by atoms with E-state index in [1.165, 1.54) is 0 Å². The standard InChI is InChI=1S/C17H18ClN3O2/c1-12-9-14(18)5-8-16(12)19-11-17(22)21-20-10-13-3-6-15(23-2)7-4-13/h3-10,19H,11H2,1-2H3,(H,21,22)/b20-10-. The van der Waals surface area contributed by atoms with E-state index >= 15 is 0 Å². The Bertz CT molecular complexity index is 699. The molecule has 1 amide bonds. The molecule has 0 radical (unpaired) electrons. The van der Waals surface area contributed by atoms with Gasteiger partial charge in [0, 0.05) is 10.7 Å². The molecule has 120 valence electrons. The second-order valence-corrected chi connectivity index (χ2v) is 5.32. The summed E-state index contributed by atoms with van der Waals surface area (Å²) in [5, 5.41) is 7.63. The number of aryl methyl sites for hydroxylation is 1. The number of carbonyl (C=O) groups is 1. The predicted molar refractivity (Wildman–Crippen MR) is 93.4 cm³/mol. The van der Waals surface area contributed by atoms with E-state index in [0.29, 0.717) is 5.02 Å². The Hall–Kier alpha value is -2.53. The molecule has 0 heterocycles. The van der Waals surface area contributed by atoms with Crippen molar-refractivity contribution in [3.8, 4) is 5.75 Å². The average Bonchev–Trinajstić information content (AvgIpc) is 2.54. The topological polar surface area (TPSA) is 62.7 Å². The Kier molecular flexibility index (Phi) is 6.00. The van der Waals surface area contributed by atoms with Gasteiger partial charge in [0.05, 0.1) is 19.9 Å². The van der Waals surface area contributed by atoms with Gasteiger partial charge in [-0.05, 0) is 60.5 Å². The normalized spacial score (nSPS) is 10.6. The Morgan fingerprint density at radius 3 is 2.65 bits per heavy atom. The maximum atomic E-state index is 11.8. The minimum absolute atomic E-state index is 0.127. The van der Waals surface area contributed by atoms with E-state index in [1.54, 1.807) is 19.4 Å². The number of carbonyl (C=O) groups excluding carboxylic acids is 1. The third-order valence-corrected chi connectivity index (χ3v) is 3.38. The van der Waals surface area contributed by atoms with Gasteiger partial charge < -0.3 is 10.1 Å². The van der Waals surface area contributed by atoms with Crippen LogP contribution in [0.2, 0.25) is 5.02 Å². The highest BCUT2D eigenvalue weighted by molar-refractivity contribution is 6.30. The molecular formula is C17H18ClN3O2. The van der Waals surface area contributed by atoms with Gasteiger partial charge in [-0.25, -0.2) is 5.43 Å². The summed E-state index contributed by atoms with van der Waals surface area (Å²) >= 11 is 5.89. The summed E-state index contributed by atoms with van der Waals surface area (Å²) in [5.41, 5.74) is 5.18. The highest BCUT2D eigenvalue weighted by atomic mass is 35.5. The van der Waals surface area contributed by atoms with Crippen LogP contribution < -0.4 is 15.5 Å². The molecule has 0 aromatic heterocycles. The summed E-state index contributed by atoms with van der Waals surface area (Å²) in [5.74, 6) is 0.540. The summed E-state index contributed by atoms with van der Waals surface area (Å²) in [6.45, 7) is 2.05. The Labute approximate surface area is 140 Å². The van der Waals surface area contributed by atoms with Crippen molar-refractivity contribution in [3.63, 3.8) is 0 Å². The van der Waals surface area contributed by atoms with Gasteiger partial charge in [0.2, 0.25) is 0 Å². The molecule has 0 aliphatic heterocycles. The van der Waals surface area contributed by atoms with Gasteiger partial charge in [0.1, 0.15) is 5.75 Å². The Morgan fingerprint density at radius 1 is 1.26 bits per heavy atom. The average molecular weight is 332 g/mol. The van der Waals surface area contributed by atoms with Crippen LogP contribution in [0.1, 0.15) is 11.1 Å². The Morgan fingerprint density at radius 2 is 2.00 bits per heavy atom. The molecule has 0 fully saturated rings. The van der Waals surface area contributed by atoms with Crippen molar-refractivity contribution >= 4 is 29.4 Å². The van der Waals surface area contributed by atoms with Crippen LogP contribution in [-0.4, -0.2) is 25.8 Å². The summed E-state index contributed by atoms with van der Waals surface area (Å²) in [6.07, 6.45) is 1.57. The molecule has 0 unspecified atom stereocenters. The minimum Gasteiger partial charge on any atom is -0.497 e. The van der Waals surface area contributed by atoms with E-state index in [1.807, 2.05) is 43.3 Å². The van der Waals surface area contributed by atoms with Crippen molar-refractivity contribution in [1.29, 1.82) is 0 Å². The molecule has 6 heteroatoms. The molecule has 0 spiro atoms. The van der Waals surface area contributed by atoms with Crippen LogP contribution >= 0.6 is 11.6 Å². The first kappa shape index (κ1) is 16.8. The molecule has 0 aliphatic carbocycles. The largest absolute Gasteiger partial charge is 0.497 e. The van der Waals surface area contributed by atoms with Crippen LogP contribution in [0.5, 0.6) is 5.75 Å². The SMILES string of the molecule is COc1ccc(/C=N\NC(=O)CNc2ccc(Cl)cc2C)cc1. The number of ether oxygens (including phenoxy) is 1. The van der Waals surface area contributed by atoms with Crippen LogP contribution in [0.3, 0.4) is 0 Å². The second kappa shape index (κ2) is 8.19. The second-order valence-electron chi connectivity index (χ2n) is 4.88. The number of amides is 1. The van der Waals surface area contributed by atoms with E-state index in [-0.39, 0.29) is 12.5 Å². The van der Waals surface area contributed by atoms with Crippen LogP contribution in [0, 0.1) is 6.92 Å². The lowest BCUT2D eigenvalue weighted by Crippen LogP contribution is -2.26. The van der Waals surface area contributed by atoms with Crippen molar-refractivity contribution in [3.05, 3.63) is 58.6 Å². The lowest BCUT2D eigenvalue weighted by Gasteiger charge is -2.08. The summed E-state index contributed by atoms with van der Waals surface area (Å²) in [4.78, 5) is 11.8. The van der Waals surface area contributed by atoms with Gasteiger partial charge >= 0.3 is 0 Å². The highest BCUT2D eigenvalue weighted by Crippen LogP contribution is 2.19. The fourth-order valence-corrected chi connectivity index (χ4v) is 2.14. The number of hydrazone groups is 1. The first-order valence-corrected chi connectivity index (χ1v) is 7.42. The van der Waals surface area contributed by atoms with Crippen molar-refractivity contribution in [2.24, 2.45) is 5.10 Å². The molecule has 0 aliphatic rings. The molecule has 0 bridgehead atoms. The molecule has 2 aromatic carbocycles. The Balaban J connectivity index is 1.81. The maximum absolute atomic E-state index is 11.8. The number of benzene rings is 2. The zero-order valence-electron chi connectivity index (χ0n) is 13.0. The summed E-state index contributed by atoms with van der Waals surface area (Å²) < 4.78 is 5.07. The van der Waals surface area contributed by atoms with Crippen LogP contribution in [-0.2, 0) is 4.79 Å². The van der Waals surface area contributed by atoms with Crippen molar-refractivity contribution in [1.82, 2.24) is 5.43 Å². The molecule has 2 rings (SSSR count). The fourth-order valence-electron chi connectivity index (χ4n) is 1.91. The third-order valence-electron chi connectivity index (χ3n) is 3.15. The van der Waals surface area contributed by atoms with Gasteiger partial charge in [0.25, 0.3) is 5.91 Å². The fraction of sp³-hybridized carbons (Fsp3) is 0.176. The van der Waals surface area contributed by atoms with Gasteiger partial charge in [0.15, 0.2) is 0 Å². The lowest BCUT2D eigenvalue weighted by atomic mass is 10.2. The number of methoxy groups -OCH3 is 1. The minimum atomic E-state index is -0.232. The molecule has 5 nitrogen and oxygen atoms in total. The monoisotopic (exact) mass is 331 g/mol. The smallest absolute Gasteiger partial charge is 0.259 e. The quantitative estimate of drug-likeness (QED) is 0.631.